The van der Waals surface area contributed by atoms with Gasteiger partial charge in [-0.3, -0.25) is 0 Å². The lowest BCUT2D eigenvalue weighted by Crippen LogP contribution is -2.20. The quantitative estimate of drug-likeness (QED) is 0.552. The maximum Gasteiger partial charge on any atom is 0.452 e. The molecule has 0 aromatic rings. The third-order valence-electron chi connectivity index (χ3n) is 1.88. The van der Waals surface area contributed by atoms with E-state index >= 15 is 0 Å². The molecule has 0 N–H and O–H groups in total. The summed E-state index contributed by atoms with van der Waals surface area (Å²) in [7, 11) is -0.354. The molecule has 0 aromatic heterocycles. The first kappa shape index (κ1) is 14.8. The zero-order valence-electron chi connectivity index (χ0n) is 9.93. The Morgan fingerprint density at radius 3 is 2.00 bits per heavy atom. The fourth-order valence-electron chi connectivity index (χ4n) is 1.19. The molecular formula is C9H18N2O4Si. The van der Waals surface area contributed by atoms with Crippen molar-refractivity contribution in [1.29, 1.82) is 0 Å². The molecule has 2 amide bonds. The molecule has 6 nitrogen and oxygen atoms in total. The molecule has 0 spiro atoms. The van der Waals surface area contributed by atoms with Gasteiger partial charge in [0, 0.05) is 0 Å². The van der Waals surface area contributed by atoms with E-state index in [2.05, 4.69) is 15.0 Å². The minimum absolute atomic E-state index is 0.788. The molecule has 0 fully saturated rings. The zero-order valence-corrected chi connectivity index (χ0v) is 11.1. The molecule has 0 bridgehead atoms. The predicted octanol–water partition coefficient (Wildman–Crippen LogP) is 2.89. The number of hydrogen-bond acceptors (Lipinski definition) is 4. The van der Waals surface area contributed by atoms with Crippen molar-refractivity contribution < 1.29 is 18.8 Å². The number of ether oxygens (including phenoxy) is 1. The molecule has 7 heteroatoms. The van der Waals surface area contributed by atoms with Gasteiger partial charge < -0.3 is 9.16 Å². The van der Waals surface area contributed by atoms with Crippen LogP contribution in [0.5, 0.6) is 0 Å². The van der Waals surface area contributed by atoms with E-state index < -0.39 is 21.2 Å². The molecule has 0 saturated heterocycles. The standard InChI is InChI=1S/C9H18N2O4Si/c1-4-6-16(7-5-2)15-9(13)11-10-8(12)14-3/h16H,4-7H2,1-3H3. The van der Waals surface area contributed by atoms with E-state index in [0.29, 0.717) is 0 Å². The van der Waals surface area contributed by atoms with E-state index in [9.17, 15) is 9.59 Å². The van der Waals surface area contributed by atoms with E-state index in [4.69, 9.17) is 4.43 Å². The average Bonchev–Trinajstić information content (AvgIpc) is 2.26. The van der Waals surface area contributed by atoms with Gasteiger partial charge in [0.05, 0.1) is 7.11 Å². The molecule has 0 radical (unpaired) electrons. The van der Waals surface area contributed by atoms with E-state index in [0.717, 1.165) is 24.9 Å². The van der Waals surface area contributed by atoms with E-state index in [1.807, 2.05) is 13.8 Å². The summed E-state index contributed by atoms with van der Waals surface area (Å²) in [6.07, 6.45) is 0.279. The Hall–Kier alpha value is -1.24. The summed E-state index contributed by atoms with van der Waals surface area (Å²) in [6.45, 7) is 4.08. The van der Waals surface area contributed by atoms with Crippen LogP contribution in [0.15, 0.2) is 10.2 Å². The average molecular weight is 246 g/mol. The molecule has 0 heterocycles. The number of carbonyl (C=O) groups excluding carboxylic acids is 2. The van der Waals surface area contributed by atoms with Gasteiger partial charge in [-0.25, -0.2) is 9.59 Å². The fraction of sp³-hybridized carbons (Fsp3) is 0.778. The number of nitrogens with zero attached hydrogens (tertiary/aromatic N) is 2. The van der Waals surface area contributed by atoms with Crippen molar-refractivity contribution in [2.75, 3.05) is 7.11 Å². The number of rotatable bonds is 5. The van der Waals surface area contributed by atoms with Gasteiger partial charge in [0.25, 0.3) is 0 Å². The van der Waals surface area contributed by atoms with Gasteiger partial charge in [-0.15, -0.1) is 0 Å². The van der Waals surface area contributed by atoms with Gasteiger partial charge in [0.15, 0.2) is 0 Å². The van der Waals surface area contributed by atoms with Gasteiger partial charge in [-0.1, -0.05) is 36.9 Å². The summed E-state index contributed by atoms with van der Waals surface area (Å²) in [6, 6.07) is 1.85. The Bertz CT molecular complexity index is 252. The van der Waals surface area contributed by atoms with Crippen LogP contribution in [-0.2, 0) is 9.16 Å². The van der Waals surface area contributed by atoms with Crippen molar-refractivity contribution in [2.24, 2.45) is 10.2 Å². The molecule has 0 aliphatic heterocycles. The van der Waals surface area contributed by atoms with Crippen LogP contribution >= 0.6 is 0 Å². The molecule has 0 saturated carbocycles. The van der Waals surface area contributed by atoms with Gasteiger partial charge in [0.1, 0.15) is 0 Å². The van der Waals surface area contributed by atoms with Crippen LogP contribution in [-0.4, -0.2) is 28.3 Å². The normalized spacial score (nSPS) is 10.8. The predicted molar refractivity (Wildman–Crippen MR) is 61.1 cm³/mol. The first-order valence-electron chi connectivity index (χ1n) is 5.34. The third-order valence-corrected chi connectivity index (χ3v) is 4.85. The maximum atomic E-state index is 11.2. The first-order chi connectivity index (χ1) is 7.63. The number of azo groups is 1. The van der Waals surface area contributed by atoms with E-state index in [-0.39, 0.29) is 0 Å². The molecular weight excluding hydrogens is 228 g/mol. The van der Waals surface area contributed by atoms with Crippen molar-refractivity contribution in [1.82, 2.24) is 0 Å². The molecule has 0 rings (SSSR count). The highest BCUT2D eigenvalue weighted by atomic mass is 28.3. The molecule has 16 heavy (non-hydrogen) atoms. The second kappa shape index (κ2) is 9.02. The minimum atomic E-state index is -1.52. The van der Waals surface area contributed by atoms with Crippen molar-refractivity contribution >= 4 is 21.2 Å². The summed E-state index contributed by atoms with van der Waals surface area (Å²) < 4.78 is 9.36. The summed E-state index contributed by atoms with van der Waals surface area (Å²) in [5.41, 5.74) is 0. The first-order valence-corrected chi connectivity index (χ1v) is 7.44. The highest BCUT2D eigenvalue weighted by Gasteiger charge is 2.15. The van der Waals surface area contributed by atoms with Crippen LogP contribution in [0.3, 0.4) is 0 Å². The topological polar surface area (TPSA) is 77.3 Å². The van der Waals surface area contributed by atoms with E-state index in [1.165, 1.54) is 7.11 Å². The van der Waals surface area contributed by atoms with Gasteiger partial charge in [0.2, 0.25) is 9.04 Å². The van der Waals surface area contributed by atoms with Crippen molar-refractivity contribution in [3.05, 3.63) is 0 Å². The smallest absolute Gasteiger partial charge is 0.452 e. The molecule has 0 atom stereocenters. The van der Waals surface area contributed by atoms with Crippen LogP contribution in [0.2, 0.25) is 12.1 Å². The van der Waals surface area contributed by atoms with Crippen molar-refractivity contribution in [3.63, 3.8) is 0 Å². The fourth-order valence-corrected chi connectivity index (χ4v) is 3.34. The Balaban J connectivity index is 4.08. The Morgan fingerprint density at radius 1 is 1.06 bits per heavy atom. The Kier molecular flexibility index (Phi) is 8.32. The van der Waals surface area contributed by atoms with Crippen molar-refractivity contribution in [3.8, 4) is 0 Å². The largest absolute Gasteiger partial charge is 0.504 e. The van der Waals surface area contributed by atoms with Crippen molar-refractivity contribution in [2.45, 2.75) is 38.8 Å². The zero-order chi connectivity index (χ0) is 12.4. The number of hydrogen-bond donors (Lipinski definition) is 0. The lowest BCUT2D eigenvalue weighted by molar-refractivity contribution is 0.178. The molecule has 0 aliphatic carbocycles. The molecule has 92 valence electrons. The summed E-state index contributed by atoms with van der Waals surface area (Å²) in [4.78, 5) is 21.7. The summed E-state index contributed by atoms with van der Waals surface area (Å²) in [5.74, 6) is 0. The summed E-state index contributed by atoms with van der Waals surface area (Å²) in [5, 5.41) is 6.15. The lowest BCUT2D eigenvalue weighted by Gasteiger charge is -2.11. The second-order valence-corrected chi connectivity index (χ2v) is 5.89. The van der Waals surface area contributed by atoms with Crippen LogP contribution in [0.25, 0.3) is 0 Å². The minimum Gasteiger partial charge on any atom is -0.504 e. The molecule has 0 aromatic carbocycles. The molecule has 0 aliphatic rings. The highest BCUT2D eigenvalue weighted by molar-refractivity contribution is 6.53. The SMILES string of the molecule is CCC[SiH](CCC)OC(=O)N=NC(=O)OC. The van der Waals surface area contributed by atoms with Crippen LogP contribution in [0, 0.1) is 0 Å². The van der Waals surface area contributed by atoms with Crippen LogP contribution < -0.4 is 0 Å². The lowest BCUT2D eigenvalue weighted by atomic mass is 10.6. The van der Waals surface area contributed by atoms with Gasteiger partial charge in [-0.2, -0.15) is 0 Å². The van der Waals surface area contributed by atoms with E-state index in [1.54, 1.807) is 0 Å². The second-order valence-electron chi connectivity index (χ2n) is 3.25. The van der Waals surface area contributed by atoms with Gasteiger partial charge in [-0.05, 0) is 12.1 Å². The Labute approximate surface area is 96.8 Å². The number of methoxy groups -OCH3 is 1. The highest BCUT2D eigenvalue weighted by Crippen LogP contribution is 2.08. The van der Waals surface area contributed by atoms with Crippen LogP contribution in [0.4, 0.5) is 9.59 Å². The molecule has 0 unspecified atom stereocenters. The number of amides is 2. The summed E-state index contributed by atoms with van der Waals surface area (Å²) >= 11 is 0. The number of carbonyl (C=O) groups is 2. The Morgan fingerprint density at radius 2 is 1.56 bits per heavy atom. The maximum absolute atomic E-state index is 11.2. The third kappa shape index (κ3) is 7.10. The van der Waals surface area contributed by atoms with Gasteiger partial charge >= 0.3 is 12.2 Å². The monoisotopic (exact) mass is 246 g/mol. The van der Waals surface area contributed by atoms with Crippen LogP contribution in [0.1, 0.15) is 26.7 Å².